The number of carbonyl (C=O) groups is 1. The molecule has 0 unspecified atom stereocenters. The first-order valence-corrected chi connectivity index (χ1v) is 3.78. The zero-order chi connectivity index (χ0) is 8.43. The second-order valence-corrected chi connectivity index (χ2v) is 3.11. The average Bonchev–Trinajstić information content (AvgIpc) is 2.30. The molecule has 58 valence electrons. The minimum absolute atomic E-state index is 0.380. The molecule has 0 bridgehead atoms. The molecule has 11 heavy (non-hydrogen) atoms. The van der Waals surface area contributed by atoms with Gasteiger partial charge in [-0.25, -0.2) is 0 Å². The minimum atomic E-state index is -0.494. The molecule has 0 aliphatic rings. The van der Waals surface area contributed by atoms with E-state index in [-0.39, 0.29) is 0 Å². The van der Waals surface area contributed by atoms with Crippen LogP contribution in [0.1, 0.15) is 15.2 Å². The Kier molecular flexibility index (Phi) is 1.96. The Labute approximate surface area is 68.3 Å². The molecule has 1 aromatic heterocycles. The number of rotatable bonds is 2. The van der Waals surface area contributed by atoms with Gasteiger partial charge in [0.25, 0.3) is 5.91 Å². The van der Waals surface area contributed by atoms with Gasteiger partial charge >= 0.3 is 0 Å². The molecule has 1 amide bonds. The van der Waals surface area contributed by atoms with Crippen molar-refractivity contribution in [3.63, 3.8) is 0 Å². The maximum atomic E-state index is 10.7. The second-order valence-electron chi connectivity index (χ2n) is 2.00. The Morgan fingerprint density at radius 3 is 2.64 bits per heavy atom. The summed E-state index contributed by atoms with van der Waals surface area (Å²) in [5.41, 5.74) is 10.9. The van der Waals surface area contributed by atoms with Gasteiger partial charge in [0.05, 0.1) is 10.6 Å². The van der Waals surface area contributed by atoms with Crippen LogP contribution in [-0.2, 0) is 0 Å². The van der Waals surface area contributed by atoms with E-state index in [2.05, 4.69) is 6.58 Å². The lowest BCUT2D eigenvalue weighted by molar-refractivity contribution is 0.100. The molecule has 0 atom stereocenters. The molecule has 1 aromatic rings. The molecular formula is C7H8N2OS. The van der Waals surface area contributed by atoms with Crippen LogP contribution in [-0.4, -0.2) is 5.91 Å². The lowest BCUT2D eigenvalue weighted by Gasteiger charge is -1.88. The normalized spacial score (nSPS) is 9.45. The highest BCUT2D eigenvalue weighted by Crippen LogP contribution is 2.24. The highest BCUT2D eigenvalue weighted by atomic mass is 32.1. The lowest BCUT2D eigenvalue weighted by Crippen LogP contribution is -2.11. The van der Waals surface area contributed by atoms with E-state index in [1.165, 1.54) is 11.3 Å². The molecular weight excluding hydrogens is 160 g/mol. The monoisotopic (exact) mass is 168 g/mol. The van der Waals surface area contributed by atoms with Gasteiger partial charge in [0.1, 0.15) is 0 Å². The first-order valence-electron chi connectivity index (χ1n) is 2.96. The smallest absolute Gasteiger partial charge is 0.251 e. The fourth-order valence-corrected chi connectivity index (χ4v) is 1.50. The first-order chi connectivity index (χ1) is 5.15. The highest BCUT2D eigenvalue weighted by molar-refractivity contribution is 7.17. The van der Waals surface area contributed by atoms with E-state index in [9.17, 15) is 4.79 Å². The van der Waals surface area contributed by atoms with Crippen molar-refractivity contribution in [1.82, 2.24) is 0 Å². The molecule has 0 aromatic carbocycles. The molecule has 1 heterocycles. The summed E-state index contributed by atoms with van der Waals surface area (Å²) in [5, 5.41) is 0.451. The van der Waals surface area contributed by atoms with E-state index in [4.69, 9.17) is 11.5 Å². The Hall–Kier alpha value is -1.29. The number of carbonyl (C=O) groups excluding carboxylic acids is 1. The van der Waals surface area contributed by atoms with Crippen LogP contribution in [0.15, 0.2) is 12.6 Å². The average molecular weight is 168 g/mol. The number of amides is 1. The molecule has 0 saturated heterocycles. The topological polar surface area (TPSA) is 69.1 Å². The van der Waals surface area contributed by atoms with Gasteiger partial charge in [0, 0.05) is 4.88 Å². The minimum Gasteiger partial charge on any atom is -0.390 e. The van der Waals surface area contributed by atoms with Crippen molar-refractivity contribution < 1.29 is 4.79 Å². The maximum Gasteiger partial charge on any atom is 0.251 e. The van der Waals surface area contributed by atoms with Gasteiger partial charge in [-0.2, -0.15) is 0 Å². The van der Waals surface area contributed by atoms with Gasteiger partial charge in [-0.15, -0.1) is 11.3 Å². The van der Waals surface area contributed by atoms with E-state index in [0.29, 0.717) is 10.6 Å². The summed E-state index contributed by atoms with van der Waals surface area (Å²) >= 11 is 1.30. The summed E-state index contributed by atoms with van der Waals surface area (Å²) in [4.78, 5) is 11.5. The van der Waals surface area contributed by atoms with Crippen LogP contribution in [0.5, 0.6) is 0 Å². The van der Waals surface area contributed by atoms with Crippen molar-refractivity contribution in [3.8, 4) is 0 Å². The van der Waals surface area contributed by atoms with Crippen molar-refractivity contribution >= 4 is 28.3 Å². The van der Waals surface area contributed by atoms with Crippen molar-refractivity contribution in [3.05, 3.63) is 23.1 Å². The van der Waals surface area contributed by atoms with E-state index >= 15 is 0 Å². The molecule has 0 radical (unpaired) electrons. The molecule has 3 nitrogen and oxygen atoms in total. The Balaban J connectivity index is 3.16. The van der Waals surface area contributed by atoms with Gasteiger partial charge in [0.2, 0.25) is 0 Å². The fraction of sp³-hybridized carbons (Fsp3) is 0. The SMILES string of the molecule is C=Cc1cc(C(N)=O)c(N)s1. The number of primary amides is 1. The van der Waals surface area contributed by atoms with Crippen molar-refractivity contribution in [2.75, 3.05) is 5.73 Å². The highest BCUT2D eigenvalue weighted by Gasteiger charge is 2.08. The number of anilines is 1. The largest absolute Gasteiger partial charge is 0.390 e. The van der Waals surface area contributed by atoms with Crippen molar-refractivity contribution in [2.45, 2.75) is 0 Å². The van der Waals surface area contributed by atoms with Crippen LogP contribution >= 0.6 is 11.3 Å². The molecule has 0 saturated carbocycles. The van der Waals surface area contributed by atoms with Crippen molar-refractivity contribution in [1.29, 1.82) is 0 Å². The predicted molar refractivity (Wildman–Crippen MR) is 47.3 cm³/mol. The molecule has 0 fully saturated rings. The number of nitrogens with two attached hydrogens (primary N) is 2. The first kappa shape index (κ1) is 7.81. The fourth-order valence-electron chi connectivity index (χ4n) is 0.718. The van der Waals surface area contributed by atoms with E-state index in [0.717, 1.165) is 4.88 Å². The van der Waals surface area contributed by atoms with Gasteiger partial charge in [-0.1, -0.05) is 12.7 Å². The van der Waals surface area contributed by atoms with Gasteiger partial charge in [-0.3, -0.25) is 4.79 Å². The van der Waals surface area contributed by atoms with Gasteiger partial charge < -0.3 is 11.5 Å². The summed E-state index contributed by atoms with van der Waals surface area (Å²) < 4.78 is 0. The van der Waals surface area contributed by atoms with Crippen LogP contribution in [0.3, 0.4) is 0 Å². The van der Waals surface area contributed by atoms with Gasteiger partial charge in [-0.05, 0) is 6.07 Å². The zero-order valence-electron chi connectivity index (χ0n) is 5.83. The van der Waals surface area contributed by atoms with E-state index < -0.39 is 5.91 Å². The Bertz CT molecular complexity index is 303. The van der Waals surface area contributed by atoms with E-state index in [1.807, 2.05) is 0 Å². The Morgan fingerprint density at radius 2 is 2.36 bits per heavy atom. The third-order valence-electron chi connectivity index (χ3n) is 1.25. The zero-order valence-corrected chi connectivity index (χ0v) is 6.65. The summed E-state index contributed by atoms with van der Waals surface area (Å²) in [6.07, 6.45) is 1.63. The van der Waals surface area contributed by atoms with Crippen LogP contribution in [0.2, 0.25) is 0 Å². The van der Waals surface area contributed by atoms with Gasteiger partial charge in [0.15, 0.2) is 0 Å². The molecule has 4 heteroatoms. The summed E-state index contributed by atoms with van der Waals surface area (Å²) in [6, 6.07) is 1.63. The molecule has 0 aliphatic carbocycles. The summed E-state index contributed by atoms with van der Waals surface area (Å²) in [7, 11) is 0. The third kappa shape index (κ3) is 1.40. The number of nitrogen functional groups attached to an aromatic ring is 1. The standard InChI is InChI=1S/C7H8N2OS/c1-2-4-3-5(6(8)10)7(9)11-4/h2-3H,1,9H2,(H2,8,10). The number of hydrogen-bond acceptors (Lipinski definition) is 3. The van der Waals surface area contributed by atoms with Crippen LogP contribution in [0.4, 0.5) is 5.00 Å². The second kappa shape index (κ2) is 2.75. The van der Waals surface area contributed by atoms with Crippen LogP contribution in [0, 0.1) is 0 Å². The molecule has 0 aliphatic heterocycles. The number of hydrogen-bond donors (Lipinski definition) is 2. The van der Waals surface area contributed by atoms with Crippen LogP contribution < -0.4 is 11.5 Å². The van der Waals surface area contributed by atoms with Crippen LogP contribution in [0.25, 0.3) is 6.08 Å². The van der Waals surface area contributed by atoms with E-state index in [1.54, 1.807) is 12.1 Å². The summed E-state index contributed by atoms with van der Waals surface area (Å²) in [6.45, 7) is 3.55. The number of thiophene rings is 1. The predicted octanol–water partition coefficient (Wildman–Crippen LogP) is 1.07. The quantitative estimate of drug-likeness (QED) is 0.693. The third-order valence-corrected chi connectivity index (χ3v) is 2.21. The molecule has 1 rings (SSSR count). The maximum absolute atomic E-state index is 10.7. The molecule has 0 spiro atoms. The summed E-state index contributed by atoms with van der Waals surface area (Å²) in [5.74, 6) is -0.494. The molecule has 4 N–H and O–H groups in total. The Morgan fingerprint density at radius 1 is 1.73 bits per heavy atom. The van der Waals surface area contributed by atoms with Crippen molar-refractivity contribution in [2.24, 2.45) is 5.73 Å². The lowest BCUT2D eigenvalue weighted by atomic mass is 10.3.